The second-order valence-corrected chi connectivity index (χ2v) is 9.45. The van der Waals surface area contributed by atoms with Crippen LogP contribution in [0.25, 0.3) is 0 Å². The summed E-state index contributed by atoms with van der Waals surface area (Å²) in [5.74, 6) is -0.220. The van der Waals surface area contributed by atoms with E-state index in [4.69, 9.17) is 0 Å². The first-order valence-electron chi connectivity index (χ1n) is 6.42. The highest BCUT2D eigenvalue weighted by molar-refractivity contribution is 7.91. The Labute approximate surface area is 124 Å². The van der Waals surface area contributed by atoms with Gasteiger partial charge in [-0.15, -0.1) is 0 Å². The van der Waals surface area contributed by atoms with E-state index in [0.29, 0.717) is 12.0 Å². The molecule has 1 atom stereocenters. The maximum atomic E-state index is 12.5. The largest absolute Gasteiger partial charge is 0.295 e. The lowest BCUT2D eigenvalue weighted by atomic mass is 10.2. The average Bonchev–Trinajstić information content (AvgIpc) is 2.89. The molecule has 1 fully saturated rings. The SMILES string of the molecule is CC(=O)c1cccc(S(=O)(=O)N2CC[C@@H](S(C)(=O)=O)C2)c1. The van der Waals surface area contributed by atoms with Crippen molar-refractivity contribution in [3.63, 3.8) is 0 Å². The van der Waals surface area contributed by atoms with Gasteiger partial charge < -0.3 is 0 Å². The summed E-state index contributed by atoms with van der Waals surface area (Å²) < 4.78 is 49.2. The van der Waals surface area contributed by atoms with Gasteiger partial charge in [-0.3, -0.25) is 4.79 Å². The van der Waals surface area contributed by atoms with Crippen molar-refractivity contribution >= 4 is 25.6 Å². The van der Waals surface area contributed by atoms with E-state index >= 15 is 0 Å². The summed E-state index contributed by atoms with van der Waals surface area (Å²) in [6.07, 6.45) is 1.41. The Bertz CT molecular complexity index is 768. The van der Waals surface area contributed by atoms with Gasteiger partial charge in [0.25, 0.3) is 0 Å². The third kappa shape index (κ3) is 3.33. The third-order valence-electron chi connectivity index (χ3n) is 3.59. The highest BCUT2D eigenvalue weighted by Crippen LogP contribution is 2.24. The minimum Gasteiger partial charge on any atom is -0.295 e. The first-order chi connectivity index (χ1) is 9.62. The van der Waals surface area contributed by atoms with Gasteiger partial charge in [0.1, 0.15) is 0 Å². The van der Waals surface area contributed by atoms with E-state index in [1.807, 2.05) is 0 Å². The molecule has 21 heavy (non-hydrogen) atoms. The molecule has 0 aliphatic carbocycles. The Hall–Kier alpha value is -1.25. The molecule has 8 heteroatoms. The van der Waals surface area contributed by atoms with Crippen molar-refractivity contribution in [3.8, 4) is 0 Å². The van der Waals surface area contributed by atoms with Gasteiger partial charge in [-0.05, 0) is 25.5 Å². The minimum absolute atomic E-state index is 0.0179. The first-order valence-corrected chi connectivity index (χ1v) is 9.82. The number of rotatable bonds is 4. The third-order valence-corrected chi connectivity index (χ3v) is 7.05. The topological polar surface area (TPSA) is 88.6 Å². The molecular weight excluding hydrogens is 314 g/mol. The molecule has 1 aliphatic rings. The van der Waals surface area contributed by atoms with Crippen molar-refractivity contribution in [2.45, 2.75) is 23.5 Å². The van der Waals surface area contributed by atoms with Crippen molar-refractivity contribution in [3.05, 3.63) is 29.8 Å². The van der Waals surface area contributed by atoms with Gasteiger partial charge in [0, 0.05) is 24.9 Å². The van der Waals surface area contributed by atoms with Gasteiger partial charge in [0.05, 0.1) is 10.1 Å². The van der Waals surface area contributed by atoms with Gasteiger partial charge in [0.15, 0.2) is 15.6 Å². The molecule has 0 radical (unpaired) electrons. The molecule has 116 valence electrons. The molecule has 6 nitrogen and oxygen atoms in total. The van der Waals surface area contributed by atoms with Crippen molar-refractivity contribution in [1.82, 2.24) is 4.31 Å². The normalized spacial score (nSPS) is 20.6. The van der Waals surface area contributed by atoms with E-state index in [-0.39, 0.29) is 23.8 Å². The number of sulfone groups is 1. The molecule has 0 saturated carbocycles. The smallest absolute Gasteiger partial charge is 0.243 e. The lowest BCUT2D eigenvalue weighted by Gasteiger charge is -2.16. The number of carbonyl (C=O) groups excluding carboxylic acids is 1. The fourth-order valence-corrected chi connectivity index (χ4v) is 4.92. The quantitative estimate of drug-likeness (QED) is 0.758. The van der Waals surface area contributed by atoms with Crippen LogP contribution in [0.3, 0.4) is 0 Å². The molecule has 0 bridgehead atoms. The van der Waals surface area contributed by atoms with E-state index in [0.717, 1.165) is 10.6 Å². The van der Waals surface area contributed by atoms with Gasteiger partial charge in [-0.2, -0.15) is 4.31 Å². The highest BCUT2D eigenvalue weighted by Gasteiger charge is 2.37. The summed E-state index contributed by atoms with van der Waals surface area (Å²) in [5, 5.41) is -0.664. The molecular formula is C13H17NO5S2. The standard InChI is InChI=1S/C13H17NO5S2/c1-10(15)11-4-3-5-12(8-11)21(18,19)14-7-6-13(9-14)20(2,16)17/h3-5,8,13H,6-7,9H2,1-2H3/t13-/m1/s1. The fourth-order valence-electron chi connectivity index (χ4n) is 2.29. The second kappa shape index (κ2) is 5.51. The molecule has 1 aliphatic heterocycles. The van der Waals surface area contributed by atoms with E-state index in [1.54, 1.807) is 6.07 Å². The van der Waals surface area contributed by atoms with Crippen molar-refractivity contribution in [2.24, 2.45) is 0 Å². The summed E-state index contributed by atoms with van der Waals surface area (Å²) in [5.41, 5.74) is 0.315. The fraction of sp³-hybridized carbons (Fsp3) is 0.462. The van der Waals surface area contributed by atoms with Crippen LogP contribution in [0.15, 0.2) is 29.2 Å². The maximum Gasteiger partial charge on any atom is 0.243 e. The van der Waals surface area contributed by atoms with Crippen LogP contribution in [0.4, 0.5) is 0 Å². The lowest BCUT2D eigenvalue weighted by molar-refractivity contribution is 0.101. The zero-order chi connectivity index (χ0) is 15.8. The summed E-state index contributed by atoms with van der Waals surface area (Å²) in [6, 6.07) is 5.79. The van der Waals surface area contributed by atoms with Gasteiger partial charge in [-0.1, -0.05) is 12.1 Å². The molecule has 1 aromatic carbocycles. The summed E-state index contributed by atoms with van der Waals surface area (Å²) in [4.78, 5) is 11.4. The van der Waals surface area contributed by atoms with E-state index in [2.05, 4.69) is 0 Å². The maximum absolute atomic E-state index is 12.5. The molecule has 0 N–H and O–H groups in total. The molecule has 0 spiro atoms. The van der Waals surface area contributed by atoms with E-state index in [9.17, 15) is 21.6 Å². The zero-order valence-corrected chi connectivity index (χ0v) is 13.4. The number of sulfonamides is 1. The molecule has 1 saturated heterocycles. The van der Waals surface area contributed by atoms with Crippen LogP contribution in [0.2, 0.25) is 0 Å². The van der Waals surface area contributed by atoms with Gasteiger partial charge in [0.2, 0.25) is 10.0 Å². The zero-order valence-electron chi connectivity index (χ0n) is 11.8. The van der Waals surface area contributed by atoms with Crippen LogP contribution in [-0.4, -0.2) is 51.5 Å². The Morgan fingerprint density at radius 2 is 1.90 bits per heavy atom. The monoisotopic (exact) mass is 331 g/mol. The predicted molar refractivity (Wildman–Crippen MR) is 78.5 cm³/mol. The number of Topliss-reactive ketones (excluding diaryl/α,β-unsaturated/α-hetero) is 1. The van der Waals surface area contributed by atoms with E-state index < -0.39 is 25.1 Å². The van der Waals surface area contributed by atoms with Crippen molar-refractivity contribution in [2.75, 3.05) is 19.3 Å². The van der Waals surface area contributed by atoms with Gasteiger partial charge >= 0.3 is 0 Å². The highest BCUT2D eigenvalue weighted by atomic mass is 32.2. The van der Waals surface area contributed by atoms with Crippen LogP contribution in [0.5, 0.6) is 0 Å². The molecule has 0 unspecified atom stereocenters. The molecule has 0 aromatic heterocycles. The van der Waals surface area contributed by atoms with Gasteiger partial charge in [-0.25, -0.2) is 16.8 Å². The van der Waals surface area contributed by atoms with Crippen LogP contribution >= 0.6 is 0 Å². The summed E-state index contributed by atoms with van der Waals surface area (Å²) >= 11 is 0. The molecule has 0 amide bonds. The molecule has 2 rings (SSSR count). The lowest BCUT2D eigenvalue weighted by Crippen LogP contribution is -2.31. The Morgan fingerprint density at radius 3 is 2.43 bits per heavy atom. The number of hydrogen-bond acceptors (Lipinski definition) is 5. The van der Waals surface area contributed by atoms with Crippen molar-refractivity contribution in [1.29, 1.82) is 0 Å². The predicted octanol–water partition coefficient (Wildman–Crippen LogP) is 0.697. The first kappa shape index (κ1) is 16.1. The number of benzene rings is 1. The van der Waals surface area contributed by atoms with E-state index in [1.165, 1.54) is 25.1 Å². The Morgan fingerprint density at radius 1 is 1.24 bits per heavy atom. The number of carbonyl (C=O) groups is 1. The molecule has 1 aromatic rings. The van der Waals surface area contributed by atoms with Crippen molar-refractivity contribution < 1.29 is 21.6 Å². The Kier molecular flexibility index (Phi) is 4.23. The van der Waals surface area contributed by atoms with Crippen LogP contribution < -0.4 is 0 Å². The summed E-state index contributed by atoms with van der Waals surface area (Å²) in [7, 11) is -7.03. The van der Waals surface area contributed by atoms with Crippen LogP contribution in [0.1, 0.15) is 23.7 Å². The van der Waals surface area contributed by atoms with Crippen LogP contribution in [-0.2, 0) is 19.9 Å². The second-order valence-electron chi connectivity index (χ2n) is 5.19. The average molecular weight is 331 g/mol. The molecule has 1 heterocycles. The Balaban J connectivity index is 2.32. The summed E-state index contributed by atoms with van der Waals surface area (Å²) in [6.45, 7) is 1.50. The van der Waals surface area contributed by atoms with Crippen LogP contribution in [0, 0.1) is 0 Å². The number of hydrogen-bond donors (Lipinski definition) is 0. The number of nitrogens with zero attached hydrogens (tertiary/aromatic N) is 1. The minimum atomic E-state index is -3.77. The number of ketones is 1.